The van der Waals surface area contributed by atoms with Crippen molar-refractivity contribution < 1.29 is 32.6 Å². The zero-order valence-electron chi connectivity index (χ0n) is 19.0. The Morgan fingerprint density at radius 3 is 2.25 bits per heavy atom. The number of fused-ring (bicyclic) bond motifs is 1. The fourth-order valence-electron chi connectivity index (χ4n) is 4.47. The number of benzene rings is 1. The van der Waals surface area contributed by atoms with Crippen LogP contribution in [0.4, 0.5) is 23.4 Å². The molecule has 0 spiro atoms. The third kappa shape index (κ3) is 4.20. The smallest absolute Gasteiger partial charge is 0.257 e. The number of aliphatic hydroxyl groups excluding tert-OH is 2. The van der Waals surface area contributed by atoms with Crippen LogP contribution in [0.15, 0.2) is 29.2 Å². The fraction of sp³-hybridized carbons (Fsp3) is 0.375. The number of aromatic nitrogens is 2. The molecule has 2 aromatic heterocycles. The lowest BCUT2D eigenvalue weighted by molar-refractivity contribution is 0.0572. The Bertz CT molecular complexity index is 1410. The van der Waals surface area contributed by atoms with Crippen molar-refractivity contribution in [3.63, 3.8) is 0 Å². The Morgan fingerprint density at radius 2 is 1.67 bits per heavy atom. The van der Waals surface area contributed by atoms with Crippen molar-refractivity contribution in [3.05, 3.63) is 63.5 Å². The molecule has 2 aliphatic rings. The van der Waals surface area contributed by atoms with E-state index >= 15 is 4.39 Å². The number of rotatable bonds is 5. The van der Waals surface area contributed by atoms with Gasteiger partial charge < -0.3 is 20.4 Å². The molecule has 3 heterocycles. The maximum atomic E-state index is 15.1. The van der Waals surface area contributed by atoms with E-state index in [0.29, 0.717) is 12.1 Å². The molecule has 3 N–H and O–H groups in total. The lowest BCUT2D eigenvalue weighted by Crippen LogP contribution is -2.37. The van der Waals surface area contributed by atoms with Crippen molar-refractivity contribution in [1.29, 1.82) is 0 Å². The van der Waals surface area contributed by atoms with Gasteiger partial charge in [0.15, 0.2) is 28.9 Å². The van der Waals surface area contributed by atoms with Gasteiger partial charge in [-0.3, -0.25) is 14.2 Å². The van der Waals surface area contributed by atoms with Gasteiger partial charge >= 0.3 is 0 Å². The molecule has 1 amide bonds. The Kier molecular flexibility index (Phi) is 5.95. The number of anilines is 1. The standard InChI is InChI=1S/C24H22F4N4O4/c1-10(11-2-3-11)29-24(36)14-7-32(20-15(26)4-12(25)5-16(20)27)22-13(21(14)35)6-17(28)23(30-22)31-8-18(33)19(34)9-31/h4-7,10-11,18-19,33-34H,2-3,8-9H2,1H3,(H,29,36)/t10-,18+,19+/m0/s1. The number of halogens is 4. The molecule has 1 saturated carbocycles. The molecule has 1 aliphatic carbocycles. The molecule has 12 heteroatoms. The molecular weight excluding hydrogens is 484 g/mol. The summed E-state index contributed by atoms with van der Waals surface area (Å²) >= 11 is 0. The summed E-state index contributed by atoms with van der Waals surface area (Å²) in [4.78, 5) is 31.5. The largest absolute Gasteiger partial charge is 0.389 e. The van der Waals surface area contributed by atoms with E-state index in [1.54, 1.807) is 6.92 Å². The third-order valence-corrected chi connectivity index (χ3v) is 6.63. The highest BCUT2D eigenvalue weighted by atomic mass is 19.1. The summed E-state index contributed by atoms with van der Waals surface area (Å²) in [6.07, 6.45) is 0.341. The Hall–Kier alpha value is -3.51. The quantitative estimate of drug-likeness (QED) is 0.457. The molecule has 0 unspecified atom stereocenters. The zero-order valence-corrected chi connectivity index (χ0v) is 19.0. The highest BCUT2D eigenvalue weighted by Gasteiger charge is 2.33. The molecule has 0 bridgehead atoms. The van der Waals surface area contributed by atoms with Gasteiger partial charge in [0.1, 0.15) is 17.1 Å². The fourth-order valence-corrected chi connectivity index (χ4v) is 4.47. The Balaban J connectivity index is 1.74. The van der Waals surface area contributed by atoms with Gasteiger partial charge in [0.25, 0.3) is 5.91 Å². The second-order valence-corrected chi connectivity index (χ2v) is 9.26. The van der Waals surface area contributed by atoms with Crippen LogP contribution in [-0.2, 0) is 0 Å². The lowest BCUT2D eigenvalue weighted by Gasteiger charge is -2.20. The van der Waals surface area contributed by atoms with Crippen LogP contribution in [-0.4, -0.2) is 57.0 Å². The van der Waals surface area contributed by atoms with Crippen LogP contribution < -0.4 is 15.6 Å². The van der Waals surface area contributed by atoms with E-state index in [4.69, 9.17) is 0 Å². The topological polar surface area (TPSA) is 108 Å². The molecule has 3 aromatic rings. The number of pyridine rings is 2. The van der Waals surface area contributed by atoms with Gasteiger partial charge in [-0.25, -0.2) is 22.5 Å². The molecule has 1 aliphatic heterocycles. The molecule has 36 heavy (non-hydrogen) atoms. The lowest BCUT2D eigenvalue weighted by atomic mass is 10.1. The van der Waals surface area contributed by atoms with Gasteiger partial charge in [-0.15, -0.1) is 0 Å². The van der Waals surface area contributed by atoms with Crippen LogP contribution in [0.5, 0.6) is 0 Å². The monoisotopic (exact) mass is 506 g/mol. The first-order valence-electron chi connectivity index (χ1n) is 11.4. The Morgan fingerprint density at radius 1 is 1.06 bits per heavy atom. The number of carbonyl (C=O) groups excluding carboxylic acids is 1. The number of hydrogen-bond donors (Lipinski definition) is 3. The average molecular weight is 506 g/mol. The van der Waals surface area contributed by atoms with Crippen LogP contribution in [0.1, 0.15) is 30.1 Å². The molecule has 5 rings (SSSR count). The molecular formula is C24H22F4N4O4. The summed E-state index contributed by atoms with van der Waals surface area (Å²) in [6.45, 7) is 1.40. The highest BCUT2D eigenvalue weighted by Crippen LogP contribution is 2.32. The molecule has 3 atom stereocenters. The molecule has 0 radical (unpaired) electrons. The van der Waals surface area contributed by atoms with E-state index in [0.717, 1.165) is 29.7 Å². The Labute approximate surface area is 201 Å². The molecule has 8 nitrogen and oxygen atoms in total. The maximum Gasteiger partial charge on any atom is 0.257 e. The number of nitrogens with zero attached hydrogens (tertiary/aromatic N) is 3. The summed E-state index contributed by atoms with van der Waals surface area (Å²) in [5, 5.41) is 21.9. The van der Waals surface area contributed by atoms with Gasteiger partial charge in [-0.1, -0.05) is 0 Å². The summed E-state index contributed by atoms with van der Waals surface area (Å²) in [6, 6.07) is 1.38. The number of aliphatic hydroxyl groups is 2. The van der Waals surface area contributed by atoms with E-state index in [-0.39, 0.29) is 30.9 Å². The second-order valence-electron chi connectivity index (χ2n) is 9.26. The summed E-state index contributed by atoms with van der Waals surface area (Å²) in [7, 11) is 0. The molecule has 1 aromatic carbocycles. The average Bonchev–Trinajstić information content (AvgIpc) is 3.59. The first-order valence-corrected chi connectivity index (χ1v) is 11.4. The van der Waals surface area contributed by atoms with Crippen LogP contribution >= 0.6 is 0 Å². The van der Waals surface area contributed by atoms with Gasteiger partial charge in [0, 0.05) is 37.5 Å². The van der Waals surface area contributed by atoms with Crippen molar-refractivity contribution >= 4 is 22.8 Å². The normalized spacial score (nSPS) is 20.7. The van der Waals surface area contributed by atoms with Crippen LogP contribution in [0.25, 0.3) is 16.7 Å². The van der Waals surface area contributed by atoms with Gasteiger partial charge in [0.05, 0.1) is 17.6 Å². The molecule has 2 fully saturated rings. The number of hydrogen-bond acceptors (Lipinski definition) is 6. The minimum atomic E-state index is -1.34. The van der Waals surface area contributed by atoms with Crippen LogP contribution in [0.3, 0.4) is 0 Å². The SMILES string of the molecule is C[C@H](NC(=O)c1cn(-c2c(F)cc(F)cc2F)c2nc(N3C[C@@H](O)[C@H](O)C3)c(F)cc2c1=O)C1CC1. The van der Waals surface area contributed by atoms with Gasteiger partial charge in [-0.05, 0) is 31.7 Å². The number of carbonyl (C=O) groups is 1. The van der Waals surface area contributed by atoms with Gasteiger partial charge in [0.2, 0.25) is 5.43 Å². The van der Waals surface area contributed by atoms with Gasteiger partial charge in [-0.2, -0.15) is 0 Å². The zero-order chi connectivity index (χ0) is 25.9. The summed E-state index contributed by atoms with van der Waals surface area (Å²) in [5.74, 6) is -5.81. The third-order valence-electron chi connectivity index (χ3n) is 6.63. The van der Waals surface area contributed by atoms with Crippen molar-refractivity contribution in [2.75, 3.05) is 18.0 Å². The van der Waals surface area contributed by atoms with E-state index in [2.05, 4.69) is 10.3 Å². The molecule has 190 valence electrons. The van der Waals surface area contributed by atoms with Crippen molar-refractivity contribution in [1.82, 2.24) is 14.9 Å². The van der Waals surface area contributed by atoms with E-state index < -0.39 is 69.1 Å². The maximum absolute atomic E-state index is 15.1. The molecule has 1 saturated heterocycles. The number of nitrogens with one attached hydrogen (secondary N) is 1. The number of β-amino-alcohol motifs (C(OH)–C–C–N with tert-alkyl or cyclic N) is 2. The van der Waals surface area contributed by atoms with E-state index in [1.165, 1.54) is 4.90 Å². The predicted molar refractivity (Wildman–Crippen MR) is 121 cm³/mol. The van der Waals surface area contributed by atoms with Crippen molar-refractivity contribution in [2.24, 2.45) is 5.92 Å². The van der Waals surface area contributed by atoms with Crippen LogP contribution in [0.2, 0.25) is 0 Å². The predicted octanol–water partition coefficient (Wildman–Crippen LogP) is 2.01. The number of amides is 1. The second kappa shape index (κ2) is 8.86. The first-order chi connectivity index (χ1) is 17.0. The summed E-state index contributed by atoms with van der Waals surface area (Å²) in [5.41, 5.74) is -2.64. The van der Waals surface area contributed by atoms with E-state index in [1.807, 2.05) is 0 Å². The minimum Gasteiger partial charge on any atom is -0.389 e. The highest BCUT2D eigenvalue weighted by molar-refractivity contribution is 5.97. The van der Waals surface area contributed by atoms with Crippen molar-refractivity contribution in [2.45, 2.75) is 38.0 Å². The first kappa shape index (κ1) is 24.2. The van der Waals surface area contributed by atoms with Crippen LogP contribution in [0, 0.1) is 29.2 Å². The minimum absolute atomic E-state index is 0.181. The van der Waals surface area contributed by atoms with Crippen molar-refractivity contribution in [3.8, 4) is 5.69 Å². The summed E-state index contributed by atoms with van der Waals surface area (Å²) < 4.78 is 59.1. The van der Waals surface area contributed by atoms with E-state index in [9.17, 15) is 33.0 Å².